The normalized spacial score (nSPS) is 20.0. The van der Waals surface area contributed by atoms with Crippen LogP contribution in [0.1, 0.15) is 18.4 Å². The molecule has 2 rings (SSSR count). The number of primary sulfonamides is 1. The van der Waals surface area contributed by atoms with Gasteiger partial charge in [-0.15, -0.1) is 0 Å². The van der Waals surface area contributed by atoms with E-state index in [4.69, 9.17) is 9.88 Å². The fourth-order valence-corrected chi connectivity index (χ4v) is 2.54. The van der Waals surface area contributed by atoms with Crippen molar-refractivity contribution < 1.29 is 13.2 Å². The molecule has 1 fully saturated rings. The Hall–Kier alpha value is -1.11. The van der Waals surface area contributed by atoms with Crippen LogP contribution in [-0.2, 0) is 14.8 Å². The second kappa shape index (κ2) is 5.26. The summed E-state index contributed by atoms with van der Waals surface area (Å²) in [5.74, 6) is 0. The smallest absolute Gasteiger partial charge is 0.238 e. The molecule has 0 aromatic heterocycles. The molecular weight excluding hydrogens is 252 g/mol. The van der Waals surface area contributed by atoms with Crippen LogP contribution in [-0.4, -0.2) is 27.7 Å². The molecule has 3 N–H and O–H groups in total. The fraction of sp³-hybridized carbons (Fsp3) is 0.500. The van der Waals surface area contributed by atoms with E-state index in [-0.39, 0.29) is 11.0 Å². The predicted octanol–water partition coefficient (Wildman–Crippen LogP) is 1.23. The van der Waals surface area contributed by atoms with E-state index in [0.29, 0.717) is 6.54 Å². The lowest BCUT2D eigenvalue weighted by molar-refractivity contribution is 0.120. The number of sulfonamides is 1. The number of anilines is 1. The second-order valence-electron chi connectivity index (χ2n) is 4.54. The average Bonchev–Trinajstić information content (AvgIpc) is 2.79. The van der Waals surface area contributed by atoms with Crippen LogP contribution in [0.5, 0.6) is 0 Å². The maximum absolute atomic E-state index is 11.3. The molecule has 100 valence electrons. The van der Waals surface area contributed by atoms with Crippen molar-refractivity contribution in [2.75, 3.05) is 18.5 Å². The SMILES string of the molecule is Cc1ccc(S(N)(=O)=O)cc1NCC1CCCO1. The molecule has 6 heteroatoms. The van der Waals surface area contributed by atoms with E-state index in [9.17, 15) is 8.42 Å². The molecule has 1 unspecified atom stereocenters. The molecule has 0 bridgehead atoms. The van der Waals surface area contributed by atoms with Crippen molar-refractivity contribution in [1.29, 1.82) is 0 Å². The molecule has 1 aliphatic rings. The molecular formula is C12H18N2O3S. The van der Waals surface area contributed by atoms with Gasteiger partial charge in [-0.3, -0.25) is 0 Å². The molecule has 1 heterocycles. The van der Waals surface area contributed by atoms with E-state index >= 15 is 0 Å². The zero-order valence-electron chi connectivity index (χ0n) is 10.3. The topological polar surface area (TPSA) is 81.4 Å². The Morgan fingerprint density at radius 2 is 2.28 bits per heavy atom. The van der Waals surface area contributed by atoms with Crippen LogP contribution in [0.15, 0.2) is 23.1 Å². The molecule has 1 aromatic carbocycles. The number of benzene rings is 1. The standard InChI is InChI=1S/C12H18N2O3S/c1-9-4-5-11(18(13,15)16)7-12(9)14-8-10-3-2-6-17-10/h4-5,7,10,14H,2-3,6,8H2,1H3,(H2,13,15,16). The lowest BCUT2D eigenvalue weighted by Crippen LogP contribution is -2.19. The van der Waals surface area contributed by atoms with E-state index in [0.717, 1.165) is 30.7 Å². The lowest BCUT2D eigenvalue weighted by atomic mass is 10.2. The number of hydrogen-bond donors (Lipinski definition) is 2. The number of aryl methyl sites for hydroxylation is 1. The minimum Gasteiger partial charge on any atom is -0.382 e. The number of ether oxygens (including phenoxy) is 1. The Morgan fingerprint density at radius 1 is 1.50 bits per heavy atom. The Morgan fingerprint density at radius 3 is 2.89 bits per heavy atom. The first-order valence-corrected chi connectivity index (χ1v) is 7.50. The Labute approximate surface area is 107 Å². The highest BCUT2D eigenvalue weighted by atomic mass is 32.2. The van der Waals surface area contributed by atoms with Gasteiger partial charge in [-0.1, -0.05) is 6.07 Å². The predicted molar refractivity (Wildman–Crippen MR) is 70.0 cm³/mol. The second-order valence-corrected chi connectivity index (χ2v) is 6.10. The summed E-state index contributed by atoms with van der Waals surface area (Å²) in [4.78, 5) is 0.128. The number of hydrogen-bond acceptors (Lipinski definition) is 4. The molecule has 18 heavy (non-hydrogen) atoms. The maximum Gasteiger partial charge on any atom is 0.238 e. The summed E-state index contributed by atoms with van der Waals surface area (Å²) >= 11 is 0. The highest BCUT2D eigenvalue weighted by molar-refractivity contribution is 7.89. The number of nitrogens with two attached hydrogens (primary N) is 1. The van der Waals surface area contributed by atoms with Crippen molar-refractivity contribution in [2.24, 2.45) is 5.14 Å². The molecule has 1 aromatic rings. The first kappa shape index (κ1) is 13.3. The highest BCUT2D eigenvalue weighted by Crippen LogP contribution is 2.20. The molecule has 1 aliphatic heterocycles. The Bertz CT molecular complexity index is 522. The summed E-state index contributed by atoms with van der Waals surface area (Å²) in [6, 6.07) is 4.83. The first-order valence-electron chi connectivity index (χ1n) is 5.96. The van der Waals surface area contributed by atoms with Crippen molar-refractivity contribution in [3.8, 4) is 0 Å². The van der Waals surface area contributed by atoms with Crippen LogP contribution in [0.4, 0.5) is 5.69 Å². The summed E-state index contributed by atoms with van der Waals surface area (Å²) in [5, 5.41) is 8.34. The summed E-state index contributed by atoms with van der Waals surface area (Å²) in [6.45, 7) is 3.42. The number of rotatable bonds is 4. The quantitative estimate of drug-likeness (QED) is 0.862. The molecule has 0 saturated carbocycles. The highest BCUT2D eigenvalue weighted by Gasteiger charge is 2.16. The molecule has 0 radical (unpaired) electrons. The van der Waals surface area contributed by atoms with E-state index in [1.165, 1.54) is 6.07 Å². The van der Waals surface area contributed by atoms with E-state index in [1.807, 2.05) is 6.92 Å². The van der Waals surface area contributed by atoms with Gasteiger partial charge < -0.3 is 10.1 Å². The lowest BCUT2D eigenvalue weighted by Gasteiger charge is -2.14. The molecule has 0 aliphatic carbocycles. The minimum absolute atomic E-state index is 0.128. The fourth-order valence-electron chi connectivity index (χ4n) is 2.00. The van der Waals surface area contributed by atoms with Crippen molar-refractivity contribution in [3.05, 3.63) is 23.8 Å². The molecule has 0 amide bonds. The summed E-state index contributed by atoms with van der Waals surface area (Å²) < 4.78 is 28.1. The van der Waals surface area contributed by atoms with Crippen LogP contribution in [0.3, 0.4) is 0 Å². The average molecular weight is 270 g/mol. The summed E-state index contributed by atoms with van der Waals surface area (Å²) in [5.41, 5.74) is 1.78. The van der Waals surface area contributed by atoms with Crippen LogP contribution >= 0.6 is 0 Å². The van der Waals surface area contributed by atoms with Crippen LogP contribution in [0, 0.1) is 6.92 Å². The van der Waals surface area contributed by atoms with Gasteiger partial charge in [0, 0.05) is 18.8 Å². The van der Waals surface area contributed by atoms with Crippen LogP contribution in [0.2, 0.25) is 0 Å². The minimum atomic E-state index is -3.65. The van der Waals surface area contributed by atoms with Gasteiger partial charge in [0.2, 0.25) is 10.0 Å². The van der Waals surface area contributed by atoms with Gasteiger partial charge in [0.1, 0.15) is 0 Å². The Kier molecular flexibility index (Phi) is 3.89. The molecule has 1 atom stereocenters. The van der Waals surface area contributed by atoms with Gasteiger partial charge in [0.05, 0.1) is 11.0 Å². The summed E-state index contributed by atoms with van der Waals surface area (Å²) in [7, 11) is -3.65. The summed E-state index contributed by atoms with van der Waals surface area (Å²) in [6.07, 6.45) is 2.34. The van der Waals surface area contributed by atoms with Crippen molar-refractivity contribution >= 4 is 15.7 Å². The van der Waals surface area contributed by atoms with Gasteiger partial charge in [-0.2, -0.15) is 0 Å². The zero-order chi connectivity index (χ0) is 13.2. The first-order chi connectivity index (χ1) is 8.47. The third kappa shape index (κ3) is 3.22. The molecule has 0 spiro atoms. The van der Waals surface area contributed by atoms with E-state index in [1.54, 1.807) is 12.1 Å². The monoisotopic (exact) mass is 270 g/mol. The maximum atomic E-state index is 11.3. The van der Waals surface area contributed by atoms with E-state index < -0.39 is 10.0 Å². The van der Waals surface area contributed by atoms with Gasteiger partial charge in [-0.25, -0.2) is 13.6 Å². The molecule has 5 nitrogen and oxygen atoms in total. The Balaban J connectivity index is 2.11. The van der Waals surface area contributed by atoms with Gasteiger partial charge in [0.25, 0.3) is 0 Å². The largest absolute Gasteiger partial charge is 0.382 e. The van der Waals surface area contributed by atoms with Crippen LogP contribution in [0.25, 0.3) is 0 Å². The third-order valence-electron chi connectivity index (χ3n) is 3.08. The number of nitrogens with one attached hydrogen (secondary N) is 1. The third-order valence-corrected chi connectivity index (χ3v) is 3.99. The van der Waals surface area contributed by atoms with Crippen molar-refractivity contribution in [1.82, 2.24) is 0 Å². The van der Waals surface area contributed by atoms with Gasteiger partial charge in [-0.05, 0) is 37.5 Å². The van der Waals surface area contributed by atoms with Gasteiger partial charge in [0.15, 0.2) is 0 Å². The van der Waals surface area contributed by atoms with E-state index in [2.05, 4.69) is 5.32 Å². The van der Waals surface area contributed by atoms with Crippen molar-refractivity contribution in [3.63, 3.8) is 0 Å². The van der Waals surface area contributed by atoms with Crippen LogP contribution < -0.4 is 10.5 Å². The zero-order valence-corrected chi connectivity index (χ0v) is 11.2. The molecule has 1 saturated heterocycles. The van der Waals surface area contributed by atoms with Crippen molar-refractivity contribution in [2.45, 2.75) is 30.8 Å². The van der Waals surface area contributed by atoms with Gasteiger partial charge >= 0.3 is 0 Å².